The summed E-state index contributed by atoms with van der Waals surface area (Å²) in [6.07, 6.45) is 0.883. The SMILES string of the molecule is Fc1ccc(CCNCc2ccc3ccccc3n2)cc1. The highest BCUT2D eigenvalue weighted by molar-refractivity contribution is 5.78. The van der Waals surface area contributed by atoms with Crippen LogP contribution in [0.1, 0.15) is 11.3 Å². The molecule has 0 radical (unpaired) electrons. The van der Waals surface area contributed by atoms with Gasteiger partial charge < -0.3 is 5.32 Å². The number of para-hydroxylation sites is 1. The molecule has 2 nitrogen and oxygen atoms in total. The lowest BCUT2D eigenvalue weighted by molar-refractivity contribution is 0.625. The first-order valence-electron chi connectivity index (χ1n) is 7.11. The quantitative estimate of drug-likeness (QED) is 0.721. The predicted molar refractivity (Wildman–Crippen MR) is 83.6 cm³/mol. The van der Waals surface area contributed by atoms with Crippen LogP contribution in [0.2, 0.25) is 0 Å². The van der Waals surface area contributed by atoms with Crippen molar-refractivity contribution in [3.8, 4) is 0 Å². The number of nitrogens with one attached hydrogen (secondary N) is 1. The van der Waals surface area contributed by atoms with Crippen molar-refractivity contribution in [2.24, 2.45) is 0 Å². The van der Waals surface area contributed by atoms with Gasteiger partial charge in [0.1, 0.15) is 5.82 Å². The number of rotatable bonds is 5. The average Bonchev–Trinajstić information content (AvgIpc) is 2.53. The van der Waals surface area contributed by atoms with Gasteiger partial charge in [0.25, 0.3) is 0 Å². The summed E-state index contributed by atoms with van der Waals surface area (Å²) in [6.45, 7) is 1.59. The summed E-state index contributed by atoms with van der Waals surface area (Å²) in [5, 5.41) is 4.53. The average molecular weight is 280 g/mol. The molecule has 0 amide bonds. The maximum atomic E-state index is 12.8. The lowest BCUT2D eigenvalue weighted by Gasteiger charge is -2.06. The Morgan fingerprint density at radius 1 is 0.905 bits per heavy atom. The molecule has 2 aromatic carbocycles. The number of hydrogen-bond donors (Lipinski definition) is 1. The monoisotopic (exact) mass is 280 g/mol. The molecule has 0 aliphatic carbocycles. The molecule has 0 saturated heterocycles. The van der Waals surface area contributed by atoms with Crippen molar-refractivity contribution in [1.82, 2.24) is 10.3 Å². The van der Waals surface area contributed by atoms with Crippen LogP contribution in [-0.2, 0) is 13.0 Å². The van der Waals surface area contributed by atoms with Gasteiger partial charge in [-0.25, -0.2) is 4.39 Å². The highest BCUT2D eigenvalue weighted by atomic mass is 19.1. The van der Waals surface area contributed by atoms with E-state index >= 15 is 0 Å². The summed E-state index contributed by atoms with van der Waals surface area (Å²) in [5.74, 6) is -0.188. The Labute approximate surface area is 123 Å². The lowest BCUT2D eigenvalue weighted by atomic mass is 10.1. The Morgan fingerprint density at radius 3 is 2.57 bits per heavy atom. The van der Waals surface area contributed by atoms with Crippen molar-refractivity contribution in [3.63, 3.8) is 0 Å². The highest BCUT2D eigenvalue weighted by Gasteiger charge is 1.98. The maximum Gasteiger partial charge on any atom is 0.123 e. The zero-order valence-electron chi connectivity index (χ0n) is 11.7. The number of nitrogens with zero attached hydrogens (tertiary/aromatic N) is 1. The largest absolute Gasteiger partial charge is 0.311 e. The Balaban J connectivity index is 1.53. The minimum absolute atomic E-state index is 0.188. The zero-order chi connectivity index (χ0) is 14.5. The second kappa shape index (κ2) is 6.46. The molecule has 0 fully saturated rings. The number of fused-ring (bicyclic) bond motifs is 1. The Hall–Kier alpha value is -2.26. The van der Waals surface area contributed by atoms with E-state index in [-0.39, 0.29) is 5.82 Å². The number of pyridine rings is 1. The first-order valence-corrected chi connectivity index (χ1v) is 7.11. The van der Waals surface area contributed by atoms with Gasteiger partial charge in [-0.3, -0.25) is 4.98 Å². The molecule has 3 rings (SSSR count). The third kappa shape index (κ3) is 3.64. The molecule has 0 saturated carbocycles. The third-order valence-corrected chi connectivity index (χ3v) is 3.47. The summed E-state index contributed by atoms with van der Waals surface area (Å²) in [5.41, 5.74) is 3.19. The van der Waals surface area contributed by atoms with Crippen LogP contribution in [0.15, 0.2) is 60.7 Å². The molecule has 0 aliphatic heterocycles. The van der Waals surface area contributed by atoms with E-state index < -0.39 is 0 Å². The normalized spacial score (nSPS) is 10.9. The molecule has 106 valence electrons. The Kier molecular flexibility index (Phi) is 4.22. The van der Waals surface area contributed by atoms with Gasteiger partial charge in [0.2, 0.25) is 0 Å². The molecule has 0 spiro atoms. The van der Waals surface area contributed by atoms with E-state index in [1.807, 2.05) is 36.4 Å². The Morgan fingerprint density at radius 2 is 1.71 bits per heavy atom. The van der Waals surface area contributed by atoms with Crippen LogP contribution in [0.3, 0.4) is 0 Å². The standard InChI is InChI=1S/C18H17FN2/c19-16-8-5-14(6-9-16)11-12-20-13-17-10-7-15-3-1-2-4-18(15)21-17/h1-10,20H,11-13H2. The van der Waals surface area contributed by atoms with Gasteiger partial charge in [-0.1, -0.05) is 36.4 Å². The second-order valence-electron chi connectivity index (χ2n) is 5.05. The molecule has 3 aromatic rings. The van der Waals surface area contributed by atoms with Gasteiger partial charge in [0.15, 0.2) is 0 Å². The second-order valence-corrected chi connectivity index (χ2v) is 5.05. The van der Waals surface area contributed by atoms with Crippen molar-refractivity contribution in [2.75, 3.05) is 6.54 Å². The number of benzene rings is 2. The van der Waals surface area contributed by atoms with E-state index in [1.54, 1.807) is 0 Å². The molecule has 1 N–H and O–H groups in total. The van der Waals surface area contributed by atoms with Gasteiger partial charge in [0, 0.05) is 11.9 Å². The topological polar surface area (TPSA) is 24.9 Å². The van der Waals surface area contributed by atoms with Crippen molar-refractivity contribution in [1.29, 1.82) is 0 Å². The van der Waals surface area contributed by atoms with Gasteiger partial charge >= 0.3 is 0 Å². The Bertz CT molecular complexity index is 723. The molecular formula is C18H17FN2. The molecule has 1 aromatic heterocycles. The number of aromatic nitrogens is 1. The lowest BCUT2D eigenvalue weighted by Crippen LogP contribution is -2.17. The maximum absolute atomic E-state index is 12.8. The molecular weight excluding hydrogens is 263 g/mol. The summed E-state index contributed by atoms with van der Waals surface area (Å²) >= 11 is 0. The molecule has 21 heavy (non-hydrogen) atoms. The van der Waals surface area contributed by atoms with Crippen LogP contribution in [-0.4, -0.2) is 11.5 Å². The van der Waals surface area contributed by atoms with Crippen molar-refractivity contribution >= 4 is 10.9 Å². The summed E-state index contributed by atoms with van der Waals surface area (Å²) in [7, 11) is 0. The van der Waals surface area contributed by atoms with Gasteiger partial charge in [0.05, 0.1) is 11.2 Å². The third-order valence-electron chi connectivity index (χ3n) is 3.47. The van der Waals surface area contributed by atoms with Crippen LogP contribution in [0.25, 0.3) is 10.9 Å². The number of halogens is 1. The first-order chi connectivity index (χ1) is 10.3. The summed E-state index contributed by atoms with van der Waals surface area (Å²) in [4.78, 5) is 4.62. The minimum atomic E-state index is -0.188. The van der Waals surface area contributed by atoms with Crippen LogP contribution in [0.5, 0.6) is 0 Å². The van der Waals surface area contributed by atoms with E-state index in [9.17, 15) is 4.39 Å². The first kappa shape index (κ1) is 13.7. The van der Waals surface area contributed by atoms with E-state index in [0.717, 1.165) is 41.7 Å². The van der Waals surface area contributed by atoms with Crippen molar-refractivity contribution in [2.45, 2.75) is 13.0 Å². The molecule has 3 heteroatoms. The van der Waals surface area contributed by atoms with E-state index in [4.69, 9.17) is 0 Å². The molecule has 0 aliphatic rings. The van der Waals surface area contributed by atoms with Gasteiger partial charge in [-0.15, -0.1) is 0 Å². The summed E-state index contributed by atoms with van der Waals surface area (Å²) in [6, 6.07) is 18.9. The van der Waals surface area contributed by atoms with E-state index in [0.29, 0.717) is 0 Å². The van der Waals surface area contributed by atoms with Gasteiger partial charge in [-0.2, -0.15) is 0 Å². The van der Waals surface area contributed by atoms with E-state index in [2.05, 4.69) is 22.4 Å². The zero-order valence-corrected chi connectivity index (χ0v) is 11.7. The number of hydrogen-bond acceptors (Lipinski definition) is 2. The smallest absolute Gasteiger partial charge is 0.123 e. The fourth-order valence-electron chi connectivity index (χ4n) is 2.31. The van der Waals surface area contributed by atoms with Crippen LogP contribution in [0.4, 0.5) is 4.39 Å². The summed E-state index contributed by atoms with van der Waals surface area (Å²) < 4.78 is 12.8. The fourth-order valence-corrected chi connectivity index (χ4v) is 2.31. The molecule has 0 unspecified atom stereocenters. The van der Waals surface area contributed by atoms with Crippen LogP contribution >= 0.6 is 0 Å². The van der Waals surface area contributed by atoms with Crippen LogP contribution < -0.4 is 5.32 Å². The van der Waals surface area contributed by atoms with Crippen molar-refractivity contribution in [3.05, 3.63) is 77.7 Å². The minimum Gasteiger partial charge on any atom is -0.311 e. The predicted octanol–water partition coefficient (Wildman–Crippen LogP) is 3.71. The van der Waals surface area contributed by atoms with E-state index in [1.165, 1.54) is 12.1 Å². The fraction of sp³-hybridized carbons (Fsp3) is 0.167. The highest BCUT2D eigenvalue weighted by Crippen LogP contribution is 2.11. The van der Waals surface area contributed by atoms with Crippen LogP contribution in [0, 0.1) is 5.82 Å². The molecule has 0 bridgehead atoms. The van der Waals surface area contributed by atoms with Crippen molar-refractivity contribution < 1.29 is 4.39 Å². The molecule has 1 heterocycles. The van der Waals surface area contributed by atoms with Gasteiger partial charge in [-0.05, 0) is 42.8 Å². The molecule has 0 atom stereocenters.